The van der Waals surface area contributed by atoms with Crippen LogP contribution in [0.2, 0.25) is 0 Å². The van der Waals surface area contributed by atoms with Gasteiger partial charge < -0.3 is 14.4 Å². The minimum atomic E-state index is -1.11. The Hall–Kier alpha value is -2.56. The van der Waals surface area contributed by atoms with Crippen molar-refractivity contribution in [2.45, 2.75) is 19.4 Å². The Bertz CT molecular complexity index is 674. The van der Waals surface area contributed by atoms with E-state index in [1.54, 1.807) is 11.0 Å². The smallest absolute Gasteiger partial charge is 0.371 e. The zero-order chi connectivity index (χ0) is 14.1. The Kier molecular flexibility index (Phi) is 3.02. The van der Waals surface area contributed by atoms with Crippen molar-refractivity contribution < 1.29 is 19.1 Å². The van der Waals surface area contributed by atoms with Crippen molar-refractivity contribution >= 4 is 17.6 Å². The summed E-state index contributed by atoms with van der Waals surface area (Å²) in [7, 11) is 0. The molecule has 5 nitrogen and oxygen atoms in total. The normalized spacial score (nSPS) is 14.2. The second kappa shape index (κ2) is 4.85. The van der Waals surface area contributed by atoms with E-state index >= 15 is 0 Å². The number of carbonyl (C=O) groups excluding carboxylic acids is 1. The Morgan fingerprint density at radius 2 is 2.00 bits per heavy atom. The predicted molar refractivity (Wildman–Crippen MR) is 71.6 cm³/mol. The lowest BCUT2D eigenvalue weighted by Crippen LogP contribution is -2.34. The third-order valence-corrected chi connectivity index (χ3v) is 3.38. The van der Waals surface area contributed by atoms with Gasteiger partial charge in [0.2, 0.25) is 11.7 Å². The monoisotopic (exact) mass is 271 g/mol. The maximum atomic E-state index is 12.1. The van der Waals surface area contributed by atoms with Gasteiger partial charge in [-0.15, -0.1) is 0 Å². The van der Waals surface area contributed by atoms with E-state index in [9.17, 15) is 9.59 Å². The molecule has 1 aromatic carbocycles. The molecule has 0 saturated heterocycles. The molecule has 102 valence electrons. The maximum Gasteiger partial charge on any atom is 0.371 e. The summed E-state index contributed by atoms with van der Waals surface area (Å²) >= 11 is 0. The van der Waals surface area contributed by atoms with Gasteiger partial charge in [0.1, 0.15) is 5.76 Å². The van der Waals surface area contributed by atoms with Crippen molar-refractivity contribution in [1.82, 2.24) is 0 Å². The molecule has 5 heteroatoms. The molecule has 20 heavy (non-hydrogen) atoms. The molecule has 1 aliphatic heterocycles. The molecule has 0 spiro atoms. The van der Waals surface area contributed by atoms with Crippen LogP contribution in [-0.2, 0) is 17.8 Å². The number of fused-ring (bicyclic) bond motifs is 1. The number of carboxylic acid groups (broad SMARTS) is 1. The Morgan fingerprint density at radius 1 is 1.20 bits per heavy atom. The van der Waals surface area contributed by atoms with Gasteiger partial charge in [0.15, 0.2) is 0 Å². The van der Waals surface area contributed by atoms with Crippen LogP contribution in [0.1, 0.15) is 28.3 Å². The number of rotatable bonds is 3. The van der Waals surface area contributed by atoms with Crippen LogP contribution >= 0.6 is 0 Å². The summed E-state index contributed by atoms with van der Waals surface area (Å²) in [5.41, 5.74) is 1.99. The number of amides is 1. The first-order valence-electron chi connectivity index (χ1n) is 6.35. The lowest BCUT2D eigenvalue weighted by Gasteiger charge is -2.28. The molecule has 0 bridgehead atoms. The molecular weight excluding hydrogens is 258 g/mol. The van der Waals surface area contributed by atoms with E-state index in [0.717, 1.165) is 17.7 Å². The summed E-state index contributed by atoms with van der Waals surface area (Å²) in [6.07, 6.45) is 1.20. The van der Waals surface area contributed by atoms with Crippen molar-refractivity contribution in [3.8, 4) is 0 Å². The largest absolute Gasteiger partial charge is 0.475 e. The van der Waals surface area contributed by atoms with E-state index in [1.807, 2.05) is 24.3 Å². The van der Waals surface area contributed by atoms with E-state index in [-0.39, 0.29) is 18.2 Å². The fourth-order valence-electron chi connectivity index (χ4n) is 2.40. The van der Waals surface area contributed by atoms with Gasteiger partial charge in [-0.25, -0.2) is 4.79 Å². The number of anilines is 1. The van der Waals surface area contributed by atoms with Gasteiger partial charge in [0.25, 0.3) is 0 Å². The molecular formula is C15H13NO4. The number of aryl methyl sites for hydroxylation is 1. The van der Waals surface area contributed by atoms with Gasteiger partial charge in [-0.05, 0) is 30.2 Å². The van der Waals surface area contributed by atoms with Gasteiger partial charge in [-0.1, -0.05) is 18.2 Å². The van der Waals surface area contributed by atoms with Crippen LogP contribution in [0.3, 0.4) is 0 Å². The summed E-state index contributed by atoms with van der Waals surface area (Å²) in [6.45, 7) is 0.253. The quantitative estimate of drug-likeness (QED) is 0.930. The Labute approximate surface area is 115 Å². The summed E-state index contributed by atoms with van der Waals surface area (Å²) in [6, 6.07) is 10.7. The second-order valence-electron chi connectivity index (χ2n) is 4.68. The summed E-state index contributed by atoms with van der Waals surface area (Å²) in [4.78, 5) is 24.5. The average Bonchev–Trinajstić information content (AvgIpc) is 2.91. The number of para-hydroxylation sites is 1. The molecule has 2 heterocycles. The van der Waals surface area contributed by atoms with E-state index in [4.69, 9.17) is 9.52 Å². The topological polar surface area (TPSA) is 70.8 Å². The van der Waals surface area contributed by atoms with E-state index < -0.39 is 5.97 Å². The average molecular weight is 271 g/mol. The standard InChI is InChI=1S/C15H13NO4/c17-14-8-5-10-3-1-2-4-12(10)16(14)9-11-6-7-13(20-11)15(18)19/h1-4,6-7H,5,8-9H2,(H,18,19). The molecule has 0 radical (unpaired) electrons. The fourth-order valence-corrected chi connectivity index (χ4v) is 2.40. The van der Waals surface area contributed by atoms with Crippen LogP contribution in [0.5, 0.6) is 0 Å². The number of furan rings is 1. The van der Waals surface area contributed by atoms with Crippen LogP contribution < -0.4 is 4.90 Å². The van der Waals surface area contributed by atoms with Gasteiger partial charge >= 0.3 is 5.97 Å². The van der Waals surface area contributed by atoms with Crippen LogP contribution in [0.4, 0.5) is 5.69 Å². The highest BCUT2D eigenvalue weighted by atomic mass is 16.4. The van der Waals surface area contributed by atoms with Crippen molar-refractivity contribution in [1.29, 1.82) is 0 Å². The van der Waals surface area contributed by atoms with Crippen molar-refractivity contribution in [3.63, 3.8) is 0 Å². The number of hydrogen-bond donors (Lipinski definition) is 1. The number of hydrogen-bond acceptors (Lipinski definition) is 3. The molecule has 1 aromatic heterocycles. The molecule has 3 rings (SSSR count). The maximum absolute atomic E-state index is 12.1. The van der Waals surface area contributed by atoms with Gasteiger partial charge in [0, 0.05) is 12.1 Å². The molecule has 0 aliphatic carbocycles. The second-order valence-corrected chi connectivity index (χ2v) is 4.68. The number of aromatic carboxylic acids is 1. The number of carbonyl (C=O) groups is 2. The summed E-state index contributed by atoms with van der Waals surface area (Å²) in [5.74, 6) is -0.733. The van der Waals surface area contributed by atoms with Crippen LogP contribution in [0, 0.1) is 0 Å². The zero-order valence-electron chi connectivity index (χ0n) is 10.7. The highest BCUT2D eigenvalue weighted by Gasteiger charge is 2.25. The minimum Gasteiger partial charge on any atom is -0.475 e. The SMILES string of the molecule is O=C(O)c1ccc(CN2C(=O)CCc3ccccc32)o1. The molecule has 0 fully saturated rings. The Morgan fingerprint density at radius 3 is 2.75 bits per heavy atom. The van der Waals surface area contributed by atoms with Gasteiger partial charge in [0.05, 0.1) is 6.54 Å². The number of benzene rings is 1. The number of carboxylic acids is 1. The molecule has 1 amide bonds. The van der Waals surface area contributed by atoms with Crippen LogP contribution in [0.15, 0.2) is 40.8 Å². The van der Waals surface area contributed by atoms with Gasteiger partial charge in [-0.2, -0.15) is 0 Å². The lowest BCUT2D eigenvalue weighted by atomic mass is 10.0. The predicted octanol–water partition coefficient (Wildman–Crippen LogP) is 2.46. The first kappa shape index (κ1) is 12.5. The zero-order valence-corrected chi connectivity index (χ0v) is 10.7. The fraction of sp³-hybridized carbons (Fsp3) is 0.200. The van der Waals surface area contributed by atoms with Gasteiger partial charge in [-0.3, -0.25) is 4.79 Å². The molecule has 0 atom stereocenters. The molecule has 1 N–H and O–H groups in total. The molecule has 0 saturated carbocycles. The third kappa shape index (κ3) is 2.18. The third-order valence-electron chi connectivity index (χ3n) is 3.38. The lowest BCUT2D eigenvalue weighted by molar-refractivity contribution is -0.119. The van der Waals surface area contributed by atoms with Crippen molar-refractivity contribution in [2.24, 2.45) is 0 Å². The van der Waals surface area contributed by atoms with Crippen molar-refractivity contribution in [3.05, 3.63) is 53.5 Å². The van der Waals surface area contributed by atoms with E-state index in [0.29, 0.717) is 12.2 Å². The summed E-state index contributed by atoms with van der Waals surface area (Å²) in [5, 5.41) is 8.84. The van der Waals surface area contributed by atoms with E-state index in [1.165, 1.54) is 6.07 Å². The highest BCUT2D eigenvalue weighted by Crippen LogP contribution is 2.29. The molecule has 1 aliphatic rings. The Balaban J connectivity index is 1.89. The van der Waals surface area contributed by atoms with Crippen molar-refractivity contribution in [2.75, 3.05) is 4.90 Å². The van der Waals surface area contributed by atoms with E-state index in [2.05, 4.69) is 0 Å². The molecule has 2 aromatic rings. The van der Waals surface area contributed by atoms with Crippen LogP contribution in [-0.4, -0.2) is 17.0 Å². The first-order valence-corrected chi connectivity index (χ1v) is 6.35. The van der Waals surface area contributed by atoms with Crippen LogP contribution in [0.25, 0.3) is 0 Å². The number of nitrogens with zero attached hydrogens (tertiary/aromatic N) is 1. The first-order chi connectivity index (χ1) is 9.65. The highest BCUT2D eigenvalue weighted by molar-refractivity contribution is 5.96. The minimum absolute atomic E-state index is 0.0250. The summed E-state index contributed by atoms with van der Waals surface area (Å²) < 4.78 is 5.22. The molecule has 0 unspecified atom stereocenters.